The summed E-state index contributed by atoms with van der Waals surface area (Å²) in [6.45, 7) is 0.330. The number of anilines is 1. The van der Waals surface area contributed by atoms with E-state index < -0.39 is 5.97 Å². The third-order valence-corrected chi connectivity index (χ3v) is 4.58. The van der Waals surface area contributed by atoms with Crippen molar-refractivity contribution in [3.05, 3.63) is 89.4 Å². The van der Waals surface area contributed by atoms with E-state index in [9.17, 15) is 9.59 Å². The quantitative estimate of drug-likeness (QED) is 0.714. The number of fused-ring (bicyclic) bond motifs is 1. The maximum absolute atomic E-state index is 13.1. The number of ether oxygens (including phenoxy) is 1. The number of nitrogens with one attached hydrogen (secondary N) is 1. The number of carbonyl (C=O) groups excluding carboxylic acids is 2. The summed E-state index contributed by atoms with van der Waals surface area (Å²) in [4.78, 5) is 26.5. The number of methoxy groups -OCH3 is 1. The number of carbonyl (C=O) groups is 2. The van der Waals surface area contributed by atoms with Gasteiger partial charge in [-0.3, -0.25) is 4.79 Å². The molecule has 6 heteroatoms. The largest absolute Gasteiger partial charge is 0.467 e. The van der Waals surface area contributed by atoms with E-state index in [0.717, 1.165) is 11.3 Å². The van der Waals surface area contributed by atoms with Gasteiger partial charge >= 0.3 is 5.97 Å². The molecule has 1 N–H and O–H groups in total. The molecule has 136 valence electrons. The van der Waals surface area contributed by atoms with E-state index >= 15 is 0 Å². The number of hydrogen-bond acceptors (Lipinski definition) is 5. The van der Waals surface area contributed by atoms with E-state index in [4.69, 9.17) is 9.15 Å². The van der Waals surface area contributed by atoms with Gasteiger partial charge < -0.3 is 19.4 Å². The average molecular weight is 362 g/mol. The Morgan fingerprint density at radius 1 is 1.11 bits per heavy atom. The number of hydrogen-bond donors (Lipinski definition) is 1. The highest BCUT2D eigenvalue weighted by molar-refractivity contribution is 6.01. The van der Waals surface area contributed by atoms with Crippen LogP contribution in [0.4, 0.5) is 5.69 Å². The van der Waals surface area contributed by atoms with Crippen LogP contribution in [-0.4, -0.2) is 23.9 Å². The normalized spacial score (nSPS) is 15.8. The van der Waals surface area contributed by atoms with Crippen LogP contribution in [0.2, 0.25) is 0 Å². The molecule has 2 aromatic carbocycles. The van der Waals surface area contributed by atoms with E-state index in [1.165, 1.54) is 7.11 Å². The Morgan fingerprint density at radius 3 is 2.59 bits per heavy atom. The summed E-state index contributed by atoms with van der Waals surface area (Å²) in [7, 11) is 1.35. The van der Waals surface area contributed by atoms with Gasteiger partial charge in [-0.25, -0.2) is 4.79 Å². The average Bonchev–Trinajstić information content (AvgIpc) is 3.23. The van der Waals surface area contributed by atoms with Gasteiger partial charge in [-0.2, -0.15) is 0 Å². The Balaban J connectivity index is 1.71. The van der Waals surface area contributed by atoms with Gasteiger partial charge in [0, 0.05) is 5.69 Å². The van der Waals surface area contributed by atoms with Crippen LogP contribution < -0.4 is 5.32 Å². The van der Waals surface area contributed by atoms with Crippen molar-refractivity contribution < 1.29 is 18.7 Å². The van der Waals surface area contributed by atoms with Crippen LogP contribution in [0.3, 0.4) is 0 Å². The van der Waals surface area contributed by atoms with Crippen LogP contribution >= 0.6 is 0 Å². The van der Waals surface area contributed by atoms with Crippen LogP contribution in [0.1, 0.15) is 38.2 Å². The molecule has 6 nitrogen and oxygen atoms in total. The molecular weight excluding hydrogens is 344 g/mol. The highest BCUT2D eigenvalue weighted by atomic mass is 16.5. The van der Waals surface area contributed by atoms with E-state index in [1.807, 2.05) is 36.4 Å². The lowest BCUT2D eigenvalue weighted by atomic mass is 10.0. The molecule has 0 saturated heterocycles. The molecule has 0 saturated carbocycles. The summed E-state index contributed by atoms with van der Waals surface area (Å²) in [6.07, 6.45) is 1.20. The minimum Gasteiger partial charge on any atom is -0.467 e. The molecule has 1 aromatic heterocycles. The zero-order valence-electron chi connectivity index (χ0n) is 14.7. The number of para-hydroxylation sites is 1. The third-order valence-electron chi connectivity index (χ3n) is 4.58. The lowest BCUT2D eigenvalue weighted by Crippen LogP contribution is -2.42. The van der Waals surface area contributed by atoms with Gasteiger partial charge in [-0.1, -0.05) is 24.3 Å². The molecule has 0 spiro atoms. The minimum atomic E-state index is -0.396. The van der Waals surface area contributed by atoms with Crippen LogP contribution in [-0.2, 0) is 11.3 Å². The summed E-state index contributed by atoms with van der Waals surface area (Å²) in [5.74, 6) is 0.218. The maximum Gasteiger partial charge on any atom is 0.337 e. The molecule has 1 atom stereocenters. The summed E-state index contributed by atoms with van der Waals surface area (Å²) in [5, 5.41) is 3.42. The van der Waals surface area contributed by atoms with E-state index in [1.54, 1.807) is 35.4 Å². The predicted molar refractivity (Wildman–Crippen MR) is 99.2 cm³/mol. The molecule has 0 fully saturated rings. The van der Waals surface area contributed by atoms with Crippen molar-refractivity contribution in [2.45, 2.75) is 12.7 Å². The summed E-state index contributed by atoms with van der Waals surface area (Å²) < 4.78 is 10.2. The smallest absolute Gasteiger partial charge is 0.337 e. The maximum atomic E-state index is 13.1. The molecular formula is C21H18N2O4. The highest BCUT2D eigenvalue weighted by Crippen LogP contribution is 2.34. The van der Waals surface area contributed by atoms with Crippen molar-refractivity contribution >= 4 is 17.6 Å². The fourth-order valence-electron chi connectivity index (χ4n) is 3.21. The second-order valence-corrected chi connectivity index (χ2v) is 6.22. The molecule has 2 heterocycles. The zero-order chi connectivity index (χ0) is 18.8. The van der Waals surface area contributed by atoms with Gasteiger partial charge in [0.25, 0.3) is 5.91 Å². The fourth-order valence-corrected chi connectivity index (χ4v) is 3.21. The summed E-state index contributed by atoms with van der Waals surface area (Å²) >= 11 is 0. The molecule has 0 radical (unpaired) electrons. The topological polar surface area (TPSA) is 71.8 Å². The first-order valence-corrected chi connectivity index (χ1v) is 8.54. The molecule has 1 aliphatic heterocycles. The van der Waals surface area contributed by atoms with E-state index in [-0.39, 0.29) is 12.1 Å². The van der Waals surface area contributed by atoms with Crippen LogP contribution in [0.25, 0.3) is 0 Å². The molecule has 0 aliphatic carbocycles. The lowest BCUT2D eigenvalue weighted by Gasteiger charge is -2.37. The monoisotopic (exact) mass is 362 g/mol. The van der Waals surface area contributed by atoms with Gasteiger partial charge in [0.15, 0.2) is 0 Å². The molecule has 3 aromatic rings. The van der Waals surface area contributed by atoms with Crippen molar-refractivity contribution in [3.8, 4) is 0 Å². The van der Waals surface area contributed by atoms with Crippen LogP contribution in [0.5, 0.6) is 0 Å². The Bertz CT molecular complexity index is 964. The van der Waals surface area contributed by atoms with Gasteiger partial charge in [0.1, 0.15) is 11.9 Å². The Labute approximate surface area is 156 Å². The number of nitrogens with zero attached hydrogens (tertiary/aromatic N) is 1. The highest BCUT2D eigenvalue weighted by Gasteiger charge is 2.33. The second kappa shape index (κ2) is 6.99. The first-order chi connectivity index (χ1) is 13.2. The SMILES string of the molecule is COC(=O)c1ccc([C@H]2Nc3ccccc3C(=O)N2Cc2ccco2)cc1. The predicted octanol–water partition coefficient (Wildman–Crippen LogP) is 3.83. The Morgan fingerprint density at radius 2 is 1.89 bits per heavy atom. The van der Waals surface area contributed by atoms with Crippen LogP contribution in [0.15, 0.2) is 71.3 Å². The first kappa shape index (κ1) is 16.9. The molecule has 0 bridgehead atoms. The fraction of sp³-hybridized carbons (Fsp3) is 0.143. The third kappa shape index (κ3) is 3.17. The standard InChI is InChI=1S/C21H18N2O4/c1-26-21(25)15-10-8-14(9-11-15)19-22-18-7-3-2-6-17(18)20(24)23(19)13-16-5-4-12-27-16/h2-12,19,22H,13H2,1H3/t19-/m0/s1. The van der Waals surface area contributed by atoms with Crippen molar-refractivity contribution in [2.24, 2.45) is 0 Å². The Hall–Kier alpha value is -3.54. The van der Waals surface area contributed by atoms with Crippen LogP contribution in [0, 0.1) is 0 Å². The molecule has 0 unspecified atom stereocenters. The van der Waals surface area contributed by atoms with Crippen molar-refractivity contribution in [2.75, 3.05) is 12.4 Å². The molecule has 1 amide bonds. The van der Waals surface area contributed by atoms with Gasteiger partial charge in [0.2, 0.25) is 0 Å². The molecule has 27 heavy (non-hydrogen) atoms. The number of furan rings is 1. The number of benzene rings is 2. The summed E-state index contributed by atoms with van der Waals surface area (Å²) in [5.41, 5.74) is 2.71. The first-order valence-electron chi connectivity index (χ1n) is 8.54. The van der Waals surface area contributed by atoms with Gasteiger partial charge in [0.05, 0.1) is 31.0 Å². The number of amides is 1. The van der Waals surface area contributed by atoms with E-state index in [2.05, 4.69) is 5.32 Å². The molecule has 1 aliphatic rings. The van der Waals surface area contributed by atoms with Crippen molar-refractivity contribution in [1.82, 2.24) is 4.90 Å². The van der Waals surface area contributed by atoms with Crippen molar-refractivity contribution in [3.63, 3.8) is 0 Å². The van der Waals surface area contributed by atoms with Crippen molar-refractivity contribution in [1.29, 1.82) is 0 Å². The van der Waals surface area contributed by atoms with Gasteiger partial charge in [-0.05, 0) is 42.0 Å². The minimum absolute atomic E-state index is 0.0807. The Kier molecular flexibility index (Phi) is 4.38. The lowest BCUT2D eigenvalue weighted by molar-refractivity contribution is 0.0598. The second-order valence-electron chi connectivity index (χ2n) is 6.22. The zero-order valence-corrected chi connectivity index (χ0v) is 14.7. The summed E-state index contributed by atoms with van der Waals surface area (Å²) in [6, 6.07) is 18.1. The van der Waals surface area contributed by atoms with E-state index in [0.29, 0.717) is 23.4 Å². The number of rotatable bonds is 4. The van der Waals surface area contributed by atoms with Gasteiger partial charge in [-0.15, -0.1) is 0 Å². The molecule has 4 rings (SSSR count). The number of esters is 1.